The van der Waals surface area contributed by atoms with Gasteiger partial charge in [-0.25, -0.2) is 0 Å². The predicted octanol–water partition coefficient (Wildman–Crippen LogP) is 3.97. The van der Waals surface area contributed by atoms with Crippen LogP contribution in [0.4, 0.5) is 0 Å². The molecule has 0 bridgehead atoms. The van der Waals surface area contributed by atoms with E-state index in [1.165, 1.54) is 38.8 Å². The Kier molecular flexibility index (Phi) is 8.32. The molecule has 4 heterocycles. The highest BCUT2D eigenvalue weighted by Gasteiger charge is 2.49. The van der Waals surface area contributed by atoms with Gasteiger partial charge in [-0.05, 0) is 81.5 Å². The van der Waals surface area contributed by atoms with Crippen molar-refractivity contribution in [2.24, 2.45) is 17.8 Å². The fourth-order valence-electron chi connectivity index (χ4n) is 7.66. The number of hydrogen-bond donors (Lipinski definition) is 0. The molecule has 4 saturated heterocycles. The largest absolute Gasteiger partial charge is 0.340 e. The highest BCUT2D eigenvalue weighted by molar-refractivity contribution is 5.94. The van der Waals surface area contributed by atoms with Crippen LogP contribution >= 0.6 is 0 Å². The van der Waals surface area contributed by atoms with E-state index in [0.717, 1.165) is 57.7 Å². The zero-order valence-electron chi connectivity index (χ0n) is 22.5. The fraction of sp³-hybridized carbons (Fsp3) is 0.733. The van der Waals surface area contributed by atoms with Gasteiger partial charge >= 0.3 is 0 Å². The van der Waals surface area contributed by atoms with Crippen LogP contribution in [0.5, 0.6) is 0 Å². The monoisotopic (exact) mass is 494 g/mol. The van der Waals surface area contributed by atoms with Crippen LogP contribution in [0.3, 0.4) is 0 Å². The number of benzene rings is 1. The summed E-state index contributed by atoms with van der Waals surface area (Å²) in [6, 6.07) is 10.7. The van der Waals surface area contributed by atoms with Gasteiger partial charge in [0, 0.05) is 63.3 Å². The van der Waals surface area contributed by atoms with Gasteiger partial charge in [0.1, 0.15) is 0 Å². The third kappa shape index (κ3) is 5.65. The number of piperidine rings is 3. The number of likely N-dealkylation sites (tertiary alicyclic amines) is 1. The third-order valence-corrected chi connectivity index (χ3v) is 9.19. The van der Waals surface area contributed by atoms with Gasteiger partial charge in [-0.1, -0.05) is 32.0 Å². The first-order valence-electron chi connectivity index (χ1n) is 14.6. The summed E-state index contributed by atoms with van der Waals surface area (Å²) in [5, 5.41) is 0. The third-order valence-electron chi connectivity index (χ3n) is 9.19. The lowest BCUT2D eigenvalue weighted by atomic mass is 9.69. The zero-order chi connectivity index (χ0) is 25.1. The highest BCUT2D eigenvalue weighted by atomic mass is 16.2. The van der Waals surface area contributed by atoms with Crippen LogP contribution < -0.4 is 0 Å². The molecule has 1 aromatic carbocycles. The molecule has 0 saturated carbocycles. The Balaban J connectivity index is 1.23. The molecule has 6 heteroatoms. The van der Waals surface area contributed by atoms with Crippen molar-refractivity contribution in [2.75, 3.05) is 52.4 Å². The molecule has 4 aliphatic heterocycles. The number of amides is 2. The minimum absolute atomic E-state index is 0.189. The molecule has 5 rings (SSSR count). The summed E-state index contributed by atoms with van der Waals surface area (Å²) in [6.07, 6.45) is 7.37. The highest BCUT2D eigenvalue weighted by Crippen LogP contribution is 2.43. The lowest BCUT2D eigenvalue weighted by Crippen LogP contribution is -2.65. The normalized spacial score (nSPS) is 29.3. The Labute approximate surface area is 218 Å². The predicted molar refractivity (Wildman–Crippen MR) is 144 cm³/mol. The lowest BCUT2D eigenvalue weighted by molar-refractivity contribution is -0.133. The maximum Gasteiger partial charge on any atom is 0.254 e. The van der Waals surface area contributed by atoms with Gasteiger partial charge in [0.2, 0.25) is 5.91 Å². The fourth-order valence-corrected chi connectivity index (χ4v) is 7.66. The summed E-state index contributed by atoms with van der Waals surface area (Å²) in [5.74, 6) is 2.30. The van der Waals surface area contributed by atoms with E-state index >= 15 is 0 Å². The molecule has 0 radical (unpaired) electrons. The molecule has 198 valence electrons. The van der Waals surface area contributed by atoms with Crippen LogP contribution in [0.15, 0.2) is 30.3 Å². The molecule has 4 atom stereocenters. The number of rotatable bonds is 7. The molecule has 0 aliphatic carbocycles. The molecule has 2 amide bonds. The van der Waals surface area contributed by atoms with Gasteiger partial charge in [0.05, 0.1) is 0 Å². The van der Waals surface area contributed by atoms with Crippen LogP contribution in [0.1, 0.15) is 69.2 Å². The van der Waals surface area contributed by atoms with E-state index in [1.807, 2.05) is 30.3 Å². The quantitative estimate of drug-likeness (QED) is 0.576. The number of piperazine rings is 1. The summed E-state index contributed by atoms with van der Waals surface area (Å²) in [6.45, 7) is 12.7. The zero-order valence-corrected chi connectivity index (χ0v) is 22.5. The molecule has 4 fully saturated rings. The smallest absolute Gasteiger partial charge is 0.254 e. The molecule has 36 heavy (non-hydrogen) atoms. The van der Waals surface area contributed by atoms with E-state index in [1.54, 1.807) is 0 Å². The van der Waals surface area contributed by atoms with E-state index in [4.69, 9.17) is 0 Å². The molecular formula is C30H46N4O2. The standard InChI is InChI=1S/C30H46N4O2/c1-23(2)21-31-17-19-32(20-18-31)28(35)14-6-13-27-26-12-8-16-33-15-7-11-25(29(26)33)22-34(27)30(36)24-9-4-3-5-10-24/h3-5,9-10,23,25-27,29H,6-8,11-22H2,1-2H3/t25-,26+,27+,29-/m0/s1. The van der Waals surface area contributed by atoms with Gasteiger partial charge in [-0.2, -0.15) is 0 Å². The SMILES string of the molecule is CC(C)CN1CCN(C(=O)CCC[C@@H]2[C@H]3CCCN4CCC[C@@H](CN2C(=O)c2ccccc2)[C@@H]34)CC1. The van der Waals surface area contributed by atoms with Gasteiger partial charge in [0.25, 0.3) is 5.91 Å². The van der Waals surface area contributed by atoms with Crippen LogP contribution in [0.25, 0.3) is 0 Å². The van der Waals surface area contributed by atoms with Crippen molar-refractivity contribution >= 4 is 11.8 Å². The molecule has 6 nitrogen and oxygen atoms in total. The number of hydrogen-bond acceptors (Lipinski definition) is 4. The first kappa shape index (κ1) is 25.7. The molecule has 0 unspecified atom stereocenters. The van der Waals surface area contributed by atoms with Crippen molar-refractivity contribution in [3.05, 3.63) is 35.9 Å². The minimum Gasteiger partial charge on any atom is -0.340 e. The van der Waals surface area contributed by atoms with Crippen molar-refractivity contribution < 1.29 is 9.59 Å². The van der Waals surface area contributed by atoms with Crippen molar-refractivity contribution in [3.63, 3.8) is 0 Å². The van der Waals surface area contributed by atoms with Gasteiger partial charge in [0.15, 0.2) is 0 Å². The topological polar surface area (TPSA) is 47.1 Å². The Bertz CT molecular complexity index is 880. The Morgan fingerprint density at radius 2 is 1.67 bits per heavy atom. The van der Waals surface area contributed by atoms with Crippen molar-refractivity contribution in [1.29, 1.82) is 0 Å². The number of nitrogens with zero attached hydrogens (tertiary/aromatic N) is 4. The first-order valence-corrected chi connectivity index (χ1v) is 14.6. The number of carbonyl (C=O) groups is 2. The summed E-state index contributed by atoms with van der Waals surface area (Å²) in [4.78, 5) is 36.3. The van der Waals surface area contributed by atoms with Crippen LogP contribution in [0.2, 0.25) is 0 Å². The Hall–Kier alpha value is -1.92. The van der Waals surface area contributed by atoms with E-state index in [-0.39, 0.29) is 11.9 Å². The maximum atomic E-state index is 13.7. The molecular weight excluding hydrogens is 448 g/mol. The second kappa shape index (κ2) is 11.6. The number of carbonyl (C=O) groups excluding carboxylic acids is 2. The van der Waals surface area contributed by atoms with E-state index in [0.29, 0.717) is 36.1 Å². The van der Waals surface area contributed by atoms with Crippen LogP contribution in [-0.4, -0.2) is 95.9 Å². The van der Waals surface area contributed by atoms with E-state index in [2.05, 4.69) is 33.4 Å². The summed E-state index contributed by atoms with van der Waals surface area (Å²) in [5.41, 5.74) is 0.805. The Morgan fingerprint density at radius 1 is 0.944 bits per heavy atom. The van der Waals surface area contributed by atoms with Gasteiger partial charge < -0.3 is 9.80 Å². The van der Waals surface area contributed by atoms with Crippen molar-refractivity contribution in [3.8, 4) is 0 Å². The second-order valence-electron chi connectivity index (χ2n) is 12.1. The first-order chi connectivity index (χ1) is 17.5. The lowest BCUT2D eigenvalue weighted by Gasteiger charge is -2.57. The maximum absolute atomic E-state index is 13.7. The van der Waals surface area contributed by atoms with Crippen molar-refractivity contribution in [2.45, 2.75) is 70.9 Å². The minimum atomic E-state index is 0.189. The summed E-state index contributed by atoms with van der Waals surface area (Å²) < 4.78 is 0. The molecule has 0 N–H and O–H groups in total. The summed E-state index contributed by atoms with van der Waals surface area (Å²) >= 11 is 0. The summed E-state index contributed by atoms with van der Waals surface area (Å²) in [7, 11) is 0. The average Bonchev–Trinajstić information content (AvgIpc) is 2.90. The average molecular weight is 495 g/mol. The molecule has 0 aromatic heterocycles. The van der Waals surface area contributed by atoms with E-state index < -0.39 is 0 Å². The molecule has 0 spiro atoms. The van der Waals surface area contributed by atoms with Crippen LogP contribution in [-0.2, 0) is 4.79 Å². The van der Waals surface area contributed by atoms with Crippen molar-refractivity contribution in [1.82, 2.24) is 19.6 Å². The Morgan fingerprint density at radius 3 is 2.39 bits per heavy atom. The second-order valence-corrected chi connectivity index (χ2v) is 12.1. The van der Waals surface area contributed by atoms with E-state index in [9.17, 15) is 9.59 Å². The molecule has 4 aliphatic rings. The van der Waals surface area contributed by atoms with Gasteiger partial charge in [-0.3, -0.25) is 19.4 Å². The van der Waals surface area contributed by atoms with Crippen LogP contribution in [0, 0.1) is 17.8 Å². The van der Waals surface area contributed by atoms with Gasteiger partial charge in [-0.15, -0.1) is 0 Å². The molecule has 1 aromatic rings.